The summed E-state index contributed by atoms with van der Waals surface area (Å²) in [7, 11) is 1.68. The van der Waals surface area contributed by atoms with E-state index >= 15 is 0 Å². The number of ether oxygens (including phenoxy) is 7. The second-order valence-electron chi connectivity index (χ2n) is 19.6. The summed E-state index contributed by atoms with van der Waals surface area (Å²) in [6, 6.07) is 0.0178. The van der Waals surface area contributed by atoms with Crippen LogP contribution in [0.25, 0.3) is 0 Å². The fraction of sp³-hybridized carbons (Fsp3) is 0.824. The number of methoxy groups -OCH3 is 1. The van der Waals surface area contributed by atoms with E-state index in [-0.39, 0.29) is 54.2 Å². The molecule has 1 N–H and O–H groups in total. The average molecular weight is 870 g/mol. The zero-order chi connectivity index (χ0) is 44.6. The smallest absolute Gasteiger partial charge is 0.338 e. The second kappa shape index (κ2) is 25.2. The first-order valence-corrected chi connectivity index (χ1v) is 24.6. The molecule has 12 unspecified atom stereocenters. The number of aliphatic imine (C=N–C) groups is 1. The van der Waals surface area contributed by atoms with Gasteiger partial charge >= 0.3 is 11.9 Å². The van der Waals surface area contributed by atoms with Crippen molar-refractivity contribution in [1.29, 1.82) is 0 Å². The summed E-state index contributed by atoms with van der Waals surface area (Å²) in [5.74, 6) is 0.0610. The van der Waals surface area contributed by atoms with Crippen molar-refractivity contribution in [2.75, 3.05) is 13.7 Å². The first-order chi connectivity index (χ1) is 29.8. The summed E-state index contributed by atoms with van der Waals surface area (Å²) in [6.45, 7) is 15.0. The van der Waals surface area contributed by atoms with Crippen LogP contribution in [-0.2, 0) is 42.7 Å². The number of carbonyl (C=O) groups excluding carboxylic acids is 2. The summed E-state index contributed by atoms with van der Waals surface area (Å²) >= 11 is 0. The van der Waals surface area contributed by atoms with Crippen LogP contribution in [-0.4, -0.2) is 97.3 Å². The van der Waals surface area contributed by atoms with Gasteiger partial charge in [0.2, 0.25) is 0 Å². The summed E-state index contributed by atoms with van der Waals surface area (Å²) in [5.41, 5.74) is 1.36. The minimum atomic E-state index is -0.980. The highest BCUT2D eigenvalue weighted by Gasteiger charge is 2.60. The van der Waals surface area contributed by atoms with Gasteiger partial charge in [0.15, 0.2) is 18.3 Å². The Morgan fingerprint density at radius 2 is 1.60 bits per heavy atom. The van der Waals surface area contributed by atoms with Crippen molar-refractivity contribution in [3.63, 3.8) is 0 Å². The van der Waals surface area contributed by atoms with Gasteiger partial charge in [-0.05, 0) is 76.7 Å². The molecule has 5 rings (SSSR count). The van der Waals surface area contributed by atoms with Gasteiger partial charge in [-0.3, -0.25) is 4.79 Å². The molecule has 11 heteroatoms. The van der Waals surface area contributed by atoms with E-state index in [0.29, 0.717) is 38.2 Å². The number of carbonyl (C=O) groups is 2. The lowest BCUT2D eigenvalue weighted by molar-refractivity contribution is -0.179. The van der Waals surface area contributed by atoms with Crippen LogP contribution >= 0.6 is 0 Å². The van der Waals surface area contributed by atoms with Gasteiger partial charge in [-0.15, -0.1) is 0 Å². The number of hydrogen-bond donors (Lipinski definition) is 1. The Hall–Kier alpha value is -2.57. The molecule has 62 heavy (non-hydrogen) atoms. The van der Waals surface area contributed by atoms with Gasteiger partial charge in [-0.2, -0.15) is 0 Å². The lowest BCUT2D eigenvalue weighted by atomic mass is 9.82. The van der Waals surface area contributed by atoms with Crippen LogP contribution in [0.2, 0.25) is 0 Å². The number of allylic oxidation sites excluding steroid dienone is 4. The van der Waals surface area contributed by atoms with Crippen LogP contribution < -0.4 is 0 Å². The van der Waals surface area contributed by atoms with Crippen molar-refractivity contribution < 1.29 is 47.9 Å². The maximum absolute atomic E-state index is 13.9. The molecule has 0 amide bonds. The maximum Gasteiger partial charge on any atom is 0.338 e. The van der Waals surface area contributed by atoms with E-state index in [1.165, 1.54) is 64.2 Å². The van der Waals surface area contributed by atoms with Crippen LogP contribution in [0.5, 0.6) is 0 Å². The molecule has 13 atom stereocenters. The standard InChI is InChI=1S/C51H83NO10/c1-9-10-11-12-13-14-15-16-17-18-19-20-21-25-46(53)61-45-32-42(37(5)48(56-8)36(4)24-22-23-34(2)28-40-33-57-38(6)52-40)60-50(55)49-43(59-49)30-39-29-41(58-47(54)31-39)35(3)26-27-44-51(45,7)62-44/h22-24,28,35,37,39-46,48-49,53H,9-21,25-27,29-33H2,1-8H3/b23-22+,34-28+,36-24+/t35?,37?,39?,40?,41?,42?,43?,44?,45?,46-,48?,49?,51?/m1/s1. The van der Waals surface area contributed by atoms with Gasteiger partial charge in [0.1, 0.15) is 30.5 Å². The average Bonchev–Trinajstić information content (AvgIpc) is 4.11. The van der Waals surface area contributed by atoms with Gasteiger partial charge in [0.05, 0.1) is 24.4 Å². The van der Waals surface area contributed by atoms with Gasteiger partial charge in [0, 0.05) is 32.8 Å². The van der Waals surface area contributed by atoms with Crippen LogP contribution in [0.4, 0.5) is 0 Å². The fourth-order valence-electron chi connectivity index (χ4n) is 10.0. The van der Waals surface area contributed by atoms with Crippen molar-refractivity contribution >= 4 is 17.8 Å². The topological polar surface area (TPSA) is 138 Å². The molecule has 0 aromatic carbocycles. The minimum Gasteiger partial charge on any atom is -0.479 e. The first kappa shape index (κ1) is 50.4. The highest BCUT2D eigenvalue weighted by Crippen LogP contribution is 2.48. The molecule has 352 valence electrons. The number of epoxide rings is 2. The number of unbranched alkanes of at least 4 members (excludes halogenated alkanes) is 12. The van der Waals surface area contributed by atoms with Crippen molar-refractivity contribution in [3.8, 4) is 0 Å². The number of cyclic esters (lactones) is 1. The van der Waals surface area contributed by atoms with Gasteiger partial charge in [0.25, 0.3) is 0 Å². The largest absolute Gasteiger partial charge is 0.479 e. The molecule has 0 saturated carbocycles. The first-order valence-electron chi connectivity index (χ1n) is 24.6. The molecule has 2 bridgehead atoms. The normalized spacial score (nSPS) is 33.4. The molecule has 0 aliphatic carbocycles. The monoisotopic (exact) mass is 870 g/mol. The van der Waals surface area contributed by atoms with Crippen molar-refractivity contribution in [2.45, 2.75) is 238 Å². The van der Waals surface area contributed by atoms with E-state index in [2.05, 4.69) is 31.8 Å². The Kier molecular flexibility index (Phi) is 20.5. The Bertz CT molecular complexity index is 1530. The molecule has 5 aliphatic rings. The molecule has 4 saturated heterocycles. The van der Waals surface area contributed by atoms with E-state index in [4.69, 9.17) is 33.2 Å². The molecule has 5 aliphatic heterocycles. The molecule has 0 aromatic rings. The third kappa shape index (κ3) is 15.8. The van der Waals surface area contributed by atoms with Crippen LogP contribution in [0, 0.1) is 17.8 Å². The molecule has 5 heterocycles. The number of esters is 2. The van der Waals surface area contributed by atoms with E-state index in [1.54, 1.807) is 7.11 Å². The molecule has 0 radical (unpaired) electrons. The van der Waals surface area contributed by atoms with Gasteiger partial charge < -0.3 is 38.3 Å². The number of aliphatic hydroxyl groups is 1. The van der Waals surface area contributed by atoms with Gasteiger partial charge in [-0.1, -0.05) is 128 Å². The predicted octanol–water partition coefficient (Wildman–Crippen LogP) is 10.5. The number of fused-ring (bicyclic) bond motifs is 4. The number of hydrogen-bond acceptors (Lipinski definition) is 11. The molecular formula is C51H83NO10. The van der Waals surface area contributed by atoms with Crippen molar-refractivity contribution in [2.24, 2.45) is 22.7 Å². The second-order valence-corrected chi connectivity index (χ2v) is 19.6. The molecule has 4 fully saturated rings. The van der Waals surface area contributed by atoms with E-state index in [0.717, 1.165) is 49.7 Å². The third-order valence-corrected chi connectivity index (χ3v) is 14.2. The summed E-state index contributed by atoms with van der Waals surface area (Å²) < 4.78 is 43.0. The molecular weight excluding hydrogens is 787 g/mol. The number of rotatable bonds is 23. The number of aliphatic hydroxyl groups excluding tert-OH is 1. The molecule has 0 spiro atoms. The van der Waals surface area contributed by atoms with Crippen LogP contribution in [0.15, 0.2) is 40.4 Å². The number of nitrogens with zero attached hydrogens (tertiary/aromatic N) is 1. The van der Waals surface area contributed by atoms with Crippen molar-refractivity contribution in [3.05, 3.63) is 35.5 Å². The zero-order valence-corrected chi connectivity index (χ0v) is 39.7. The lowest BCUT2D eigenvalue weighted by Crippen LogP contribution is -2.44. The highest BCUT2D eigenvalue weighted by atomic mass is 16.7. The fourth-order valence-corrected chi connectivity index (χ4v) is 10.0. The Morgan fingerprint density at radius 3 is 2.24 bits per heavy atom. The van der Waals surface area contributed by atoms with E-state index in [9.17, 15) is 14.7 Å². The Balaban J connectivity index is 1.25. The van der Waals surface area contributed by atoms with Gasteiger partial charge in [-0.25, -0.2) is 9.79 Å². The summed E-state index contributed by atoms with van der Waals surface area (Å²) in [5, 5.41) is 11.4. The Labute approximate surface area is 374 Å². The quantitative estimate of drug-likeness (QED) is 0.0347. The molecule has 11 nitrogen and oxygen atoms in total. The maximum atomic E-state index is 13.9. The van der Waals surface area contributed by atoms with E-state index in [1.807, 2.05) is 45.9 Å². The summed E-state index contributed by atoms with van der Waals surface area (Å²) in [6.07, 6.45) is 24.8. The highest BCUT2D eigenvalue weighted by molar-refractivity contribution is 5.78. The third-order valence-electron chi connectivity index (χ3n) is 14.2. The zero-order valence-electron chi connectivity index (χ0n) is 39.7. The predicted molar refractivity (Wildman–Crippen MR) is 243 cm³/mol. The minimum absolute atomic E-state index is 0.0178. The van der Waals surface area contributed by atoms with Crippen LogP contribution in [0.3, 0.4) is 0 Å². The van der Waals surface area contributed by atoms with Crippen LogP contribution in [0.1, 0.15) is 177 Å². The van der Waals surface area contributed by atoms with Crippen molar-refractivity contribution in [1.82, 2.24) is 0 Å². The SMILES string of the molecule is CCCCCCCCCCCCCCC[C@H](O)OC1CC(C(C)C(OC)/C(C)=C/C=C/C(C)=C/C2COC(C)=N2)OC(=O)C2OC2CC2CC(=O)OC(C2)C(C)CCC2OC12C. The van der Waals surface area contributed by atoms with E-state index < -0.39 is 36.2 Å². The Morgan fingerprint density at radius 1 is 0.935 bits per heavy atom. The molecule has 0 aromatic heterocycles. The lowest BCUT2D eigenvalue weighted by Gasteiger charge is -2.35. The summed E-state index contributed by atoms with van der Waals surface area (Å²) in [4.78, 5) is 31.2.